The molecule has 0 aromatic carbocycles. The van der Waals surface area contributed by atoms with E-state index < -0.39 is 17.7 Å². The Kier molecular flexibility index (Phi) is 8.12. The Morgan fingerprint density at radius 1 is 1.10 bits per heavy atom. The number of rotatable bonds is 9. The van der Waals surface area contributed by atoms with Crippen LogP contribution in [0.25, 0.3) is 0 Å². The lowest BCUT2D eigenvalue weighted by atomic mass is 9.91. The van der Waals surface area contributed by atoms with Gasteiger partial charge >= 0.3 is 12.1 Å². The summed E-state index contributed by atoms with van der Waals surface area (Å²) in [6.07, 6.45) is -5.51. The van der Waals surface area contributed by atoms with E-state index in [4.69, 9.17) is 9.47 Å². The van der Waals surface area contributed by atoms with Crippen molar-refractivity contribution < 1.29 is 32.2 Å². The Balaban J connectivity index is 3.58. The number of carbonyl (C=O) groups is 1. The molecule has 0 aliphatic carbocycles. The molecular weight excluding hydrogens is 277 g/mol. The van der Waals surface area contributed by atoms with E-state index in [2.05, 4.69) is 4.74 Å². The number of hydrogen-bond donors (Lipinski definition) is 0. The second-order valence-corrected chi connectivity index (χ2v) is 5.04. The zero-order chi connectivity index (χ0) is 15.8. The fourth-order valence-corrected chi connectivity index (χ4v) is 1.01. The third kappa shape index (κ3) is 7.69. The first-order valence-electron chi connectivity index (χ1n) is 6.54. The van der Waals surface area contributed by atoms with E-state index in [9.17, 15) is 18.0 Å². The quantitative estimate of drug-likeness (QED) is 0.485. The van der Waals surface area contributed by atoms with E-state index in [0.717, 1.165) is 6.92 Å². The molecule has 0 aromatic rings. The molecule has 120 valence electrons. The van der Waals surface area contributed by atoms with Crippen molar-refractivity contribution in [2.45, 2.75) is 46.4 Å². The van der Waals surface area contributed by atoms with Crippen LogP contribution in [0, 0.1) is 5.41 Å². The van der Waals surface area contributed by atoms with Gasteiger partial charge in [-0.1, -0.05) is 6.92 Å². The van der Waals surface area contributed by atoms with Gasteiger partial charge in [0.25, 0.3) is 0 Å². The van der Waals surface area contributed by atoms with Gasteiger partial charge in [0.2, 0.25) is 0 Å². The van der Waals surface area contributed by atoms with E-state index >= 15 is 0 Å². The maximum Gasteiger partial charge on any atom is 0.414 e. The molecule has 0 bridgehead atoms. The molecule has 0 amide bonds. The Labute approximate surface area is 117 Å². The molecule has 7 heteroatoms. The Hall–Kier alpha value is -0.820. The van der Waals surface area contributed by atoms with Gasteiger partial charge in [0.15, 0.2) is 6.10 Å². The van der Waals surface area contributed by atoms with Gasteiger partial charge in [0.05, 0.1) is 25.2 Å². The molecule has 0 spiro atoms. The number of esters is 1. The van der Waals surface area contributed by atoms with Crippen LogP contribution in [0.4, 0.5) is 13.2 Å². The first kappa shape index (κ1) is 19.2. The highest BCUT2D eigenvalue weighted by Gasteiger charge is 2.36. The molecule has 0 rings (SSSR count). The zero-order valence-corrected chi connectivity index (χ0v) is 12.4. The van der Waals surface area contributed by atoms with Crippen LogP contribution in [0.15, 0.2) is 0 Å². The Morgan fingerprint density at radius 2 is 1.65 bits per heavy atom. The summed E-state index contributed by atoms with van der Waals surface area (Å²) in [5.74, 6) is -0.314. The highest BCUT2D eigenvalue weighted by atomic mass is 19.4. The van der Waals surface area contributed by atoms with Gasteiger partial charge in [-0.25, -0.2) is 0 Å². The molecule has 4 nitrogen and oxygen atoms in total. The zero-order valence-electron chi connectivity index (χ0n) is 12.4. The van der Waals surface area contributed by atoms with Gasteiger partial charge in [-0.15, -0.1) is 0 Å². The van der Waals surface area contributed by atoms with Gasteiger partial charge in [-0.3, -0.25) is 4.79 Å². The molecule has 1 unspecified atom stereocenters. The molecule has 0 saturated carbocycles. The van der Waals surface area contributed by atoms with Crippen molar-refractivity contribution in [1.82, 2.24) is 0 Å². The standard InChI is InChI=1S/C13H23F3O4/c1-5-12(3,4)11(17)20-9-7-18-6-8-19-10(2)13(14,15)16/h10H,5-9H2,1-4H3. The second-order valence-electron chi connectivity index (χ2n) is 5.04. The van der Waals surface area contributed by atoms with Crippen LogP contribution >= 0.6 is 0 Å². The number of alkyl halides is 3. The van der Waals surface area contributed by atoms with E-state index in [1.807, 2.05) is 6.92 Å². The van der Waals surface area contributed by atoms with E-state index in [0.29, 0.717) is 6.42 Å². The van der Waals surface area contributed by atoms with Gasteiger partial charge in [0, 0.05) is 0 Å². The number of hydrogen-bond acceptors (Lipinski definition) is 4. The summed E-state index contributed by atoms with van der Waals surface area (Å²) in [5.41, 5.74) is -0.536. The molecule has 0 aliphatic rings. The van der Waals surface area contributed by atoms with Crippen LogP contribution < -0.4 is 0 Å². The average Bonchev–Trinajstić information content (AvgIpc) is 2.35. The van der Waals surface area contributed by atoms with E-state index in [1.54, 1.807) is 13.8 Å². The monoisotopic (exact) mass is 300 g/mol. The fraction of sp³-hybridized carbons (Fsp3) is 0.923. The molecule has 1 atom stereocenters. The van der Waals surface area contributed by atoms with Gasteiger partial charge in [0.1, 0.15) is 6.61 Å². The van der Waals surface area contributed by atoms with Crippen molar-refractivity contribution in [3.05, 3.63) is 0 Å². The topological polar surface area (TPSA) is 44.8 Å². The van der Waals surface area contributed by atoms with Crippen LogP contribution in [0.2, 0.25) is 0 Å². The van der Waals surface area contributed by atoms with Crippen molar-refractivity contribution in [2.75, 3.05) is 26.4 Å². The maximum atomic E-state index is 12.1. The number of carbonyl (C=O) groups excluding carboxylic acids is 1. The second kappa shape index (κ2) is 8.46. The molecule has 0 heterocycles. The molecule has 0 saturated heterocycles. The van der Waals surface area contributed by atoms with Crippen LogP contribution in [0.5, 0.6) is 0 Å². The number of halogens is 3. The Morgan fingerprint density at radius 3 is 2.15 bits per heavy atom. The highest BCUT2D eigenvalue weighted by molar-refractivity contribution is 5.75. The van der Waals surface area contributed by atoms with E-state index in [1.165, 1.54) is 0 Å². The lowest BCUT2D eigenvalue weighted by molar-refractivity contribution is -0.216. The predicted octanol–water partition coefficient (Wildman–Crippen LogP) is 2.95. The van der Waals surface area contributed by atoms with Crippen LogP contribution in [-0.2, 0) is 19.0 Å². The average molecular weight is 300 g/mol. The first-order chi connectivity index (χ1) is 9.11. The lowest BCUT2D eigenvalue weighted by Gasteiger charge is -2.20. The first-order valence-corrected chi connectivity index (χ1v) is 6.54. The predicted molar refractivity (Wildman–Crippen MR) is 67.3 cm³/mol. The molecule has 0 aliphatic heterocycles. The number of ether oxygens (including phenoxy) is 3. The summed E-state index contributed by atoms with van der Waals surface area (Å²) in [7, 11) is 0. The molecule has 0 fully saturated rings. The van der Waals surface area contributed by atoms with Crippen molar-refractivity contribution in [2.24, 2.45) is 5.41 Å². The molecule has 0 aromatic heterocycles. The summed E-state index contributed by atoms with van der Waals surface area (Å²) in [6.45, 7) is 6.47. The summed E-state index contributed by atoms with van der Waals surface area (Å²) in [5, 5.41) is 0. The van der Waals surface area contributed by atoms with E-state index in [-0.39, 0.29) is 32.4 Å². The third-order valence-corrected chi connectivity index (χ3v) is 2.95. The summed E-state index contributed by atoms with van der Waals surface area (Å²) < 4.78 is 50.8. The maximum absolute atomic E-state index is 12.1. The summed E-state index contributed by atoms with van der Waals surface area (Å²) >= 11 is 0. The lowest BCUT2D eigenvalue weighted by Crippen LogP contribution is -2.30. The highest BCUT2D eigenvalue weighted by Crippen LogP contribution is 2.22. The molecule has 0 N–H and O–H groups in total. The summed E-state index contributed by atoms with van der Waals surface area (Å²) in [4.78, 5) is 11.6. The van der Waals surface area contributed by atoms with Crippen molar-refractivity contribution in [3.63, 3.8) is 0 Å². The minimum Gasteiger partial charge on any atom is -0.463 e. The minimum atomic E-state index is -4.36. The summed E-state index contributed by atoms with van der Waals surface area (Å²) in [6, 6.07) is 0. The Bertz CT molecular complexity index is 290. The molecular formula is C13H23F3O4. The van der Waals surface area contributed by atoms with Crippen molar-refractivity contribution in [1.29, 1.82) is 0 Å². The smallest absolute Gasteiger partial charge is 0.414 e. The fourth-order valence-electron chi connectivity index (χ4n) is 1.01. The largest absolute Gasteiger partial charge is 0.463 e. The van der Waals surface area contributed by atoms with Gasteiger partial charge in [-0.05, 0) is 27.2 Å². The van der Waals surface area contributed by atoms with Crippen LogP contribution in [-0.4, -0.2) is 44.7 Å². The molecule has 20 heavy (non-hydrogen) atoms. The molecule has 0 radical (unpaired) electrons. The van der Waals surface area contributed by atoms with Crippen LogP contribution in [0.3, 0.4) is 0 Å². The van der Waals surface area contributed by atoms with Crippen LogP contribution in [0.1, 0.15) is 34.1 Å². The van der Waals surface area contributed by atoms with Gasteiger partial charge < -0.3 is 14.2 Å². The SMILES string of the molecule is CCC(C)(C)C(=O)OCCOCCOC(C)C(F)(F)F. The van der Waals surface area contributed by atoms with Crippen molar-refractivity contribution >= 4 is 5.97 Å². The third-order valence-electron chi connectivity index (χ3n) is 2.95. The minimum absolute atomic E-state index is 0.0230. The van der Waals surface area contributed by atoms with Gasteiger partial charge in [-0.2, -0.15) is 13.2 Å². The van der Waals surface area contributed by atoms with Crippen molar-refractivity contribution in [3.8, 4) is 0 Å². The normalized spacial score (nSPS) is 14.2.